The lowest BCUT2D eigenvalue weighted by Gasteiger charge is -2.00. The lowest BCUT2D eigenvalue weighted by molar-refractivity contribution is -0.660. The molecule has 0 fully saturated rings. The summed E-state index contributed by atoms with van der Waals surface area (Å²) in [5.41, 5.74) is 2.23. The van der Waals surface area contributed by atoms with Crippen molar-refractivity contribution in [3.63, 3.8) is 0 Å². The van der Waals surface area contributed by atoms with Gasteiger partial charge in [-0.05, 0) is 13.0 Å². The molecule has 0 aliphatic heterocycles. The number of esters is 1. The van der Waals surface area contributed by atoms with Gasteiger partial charge in [-0.1, -0.05) is 53.8 Å². The number of aromatic nitrogens is 1. The summed E-state index contributed by atoms with van der Waals surface area (Å²) in [5.74, 6) is -0.255. The summed E-state index contributed by atoms with van der Waals surface area (Å²) in [6.07, 6.45) is 0. The van der Waals surface area contributed by atoms with Crippen LogP contribution in [0.25, 0.3) is 10.2 Å². The van der Waals surface area contributed by atoms with Crippen LogP contribution in [0.2, 0.25) is 0 Å². The Kier molecular flexibility index (Phi) is 3.97. The maximum Gasteiger partial charge on any atom is 0.415 e. The largest absolute Gasteiger partial charge is 0.457 e. The third kappa shape index (κ3) is 2.81. The lowest BCUT2D eigenvalue weighted by Crippen LogP contribution is -2.39. The van der Waals surface area contributed by atoms with Crippen LogP contribution in [-0.2, 0) is 11.3 Å². The van der Waals surface area contributed by atoms with Crippen LogP contribution < -0.4 is 4.57 Å². The highest BCUT2D eigenvalue weighted by molar-refractivity contribution is 7.19. The number of hydrogen-bond acceptors (Lipinski definition) is 3. The van der Waals surface area contributed by atoms with Gasteiger partial charge in [0.05, 0.1) is 6.61 Å². The zero-order valence-corrected chi connectivity index (χ0v) is 12.6. The molecule has 0 aliphatic rings. The third-order valence-electron chi connectivity index (χ3n) is 3.24. The molecule has 0 unspecified atom stereocenters. The molecule has 0 amide bonds. The van der Waals surface area contributed by atoms with Crippen molar-refractivity contribution in [2.24, 2.45) is 0 Å². The molecule has 3 aromatic rings. The Hall–Kier alpha value is -2.20. The third-order valence-corrected chi connectivity index (χ3v) is 4.39. The monoisotopic (exact) mass is 298 g/mol. The van der Waals surface area contributed by atoms with Gasteiger partial charge in [-0.2, -0.15) is 4.57 Å². The van der Waals surface area contributed by atoms with E-state index in [4.69, 9.17) is 4.74 Å². The Morgan fingerprint density at radius 1 is 1.10 bits per heavy atom. The first-order valence-corrected chi connectivity index (χ1v) is 7.73. The molecule has 3 nitrogen and oxygen atoms in total. The second-order valence-corrected chi connectivity index (χ2v) is 5.70. The molecule has 3 rings (SSSR count). The van der Waals surface area contributed by atoms with Gasteiger partial charge >= 0.3 is 11.0 Å². The van der Waals surface area contributed by atoms with E-state index in [0.29, 0.717) is 18.2 Å². The Balaban J connectivity index is 2.09. The number of fused-ring (bicyclic) bond motifs is 1. The van der Waals surface area contributed by atoms with Gasteiger partial charge in [0.15, 0.2) is 6.54 Å². The minimum absolute atomic E-state index is 0.255. The Bertz CT molecular complexity index is 765. The summed E-state index contributed by atoms with van der Waals surface area (Å²) in [6.45, 7) is 2.88. The van der Waals surface area contributed by atoms with Gasteiger partial charge in [-0.15, -0.1) is 0 Å². The van der Waals surface area contributed by atoms with E-state index < -0.39 is 0 Å². The summed E-state index contributed by atoms with van der Waals surface area (Å²) >= 11 is 1.48. The van der Waals surface area contributed by atoms with Crippen molar-refractivity contribution in [1.29, 1.82) is 0 Å². The maximum absolute atomic E-state index is 12.2. The molecule has 21 heavy (non-hydrogen) atoms. The first kappa shape index (κ1) is 13.8. The second-order valence-electron chi connectivity index (χ2n) is 4.67. The van der Waals surface area contributed by atoms with E-state index in [1.807, 2.05) is 54.0 Å². The zero-order chi connectivity index (χ0) is 14.7. The fraction of sp³-hybridized carbons (Fsp3) is 0.176. The highest BCUT2D eigenvalue weighted by Crippen LogP contribution is 2.21. The van der Waals surface area contributed by atoms with E-state index in [-0.39, 0.29) is 5.97 Å². The van der Waals surface area contributed by atoms with E-state index in [1.54, 1.807) is 0 Å². The number of hydrogen-bond donors (Lipinski definition) is 0. The number of para-hydroxylation sites is 1. The first-order valence-electron chi connectivity index (χ1n) is 6.92. The topological polar surface area (TPSA) is 30.2 Å². The van der Waals surface area contributed by atoms with Crippen LogP contribution in [0.15, 0.2) is 54.6 Å². The van der Waals surface area contributed by atoms with Gasteiger partial charge in [0.1, 0.15) is 4.70 Å². The molecular formula is C17H16NO2S+. The van der Waals surface area contributed by atoms with E-state index in [9.17, 15) is 4.79 Å². The van der Waals surface area contributed by atoms with Crippen molar-refractivity contribution < 1.29 is 14.1 Å². The summed E-state index contributed by atoms with van der Waals surface area (Å²) in [7, 11) is 0. The summed E-state index contributed by atoms with van der Waals surface area (Å²) < 4.78 is 8.32. The van der Waals surface area contributed by atoms with Crippen molar-refractivity contribution in [3.8, 4) is 0 Å². The van der Waals surface area contributed by atoms with Crippen LogP contribution in [0.3, 0.4) is 0 Å². The van der Waals surface area contributed by atoms with Crippen LogP contribution in [0.1, 0.15) is 22.3 Å². The molecule has 0 spiro atoms. The molecule has 106 valence electrons. The number of benzene rings is 2. The summed E-state index contributed by atoms with van der Waals surface area (Å²) in [4.78, 5) is 12.2. The highest BCUT2D eigenvalue weighted by atomic mass is 32.1. The van der Waals surface area contributed by atoms with Crippen molar-refractivity contribution in [1.82, 2.24) is 0 Å². The predicted octanol–water partition coefficient (Wildman–Crippen LogP) is 3.41. The van der Waals surface area contributed by atoms with Gasteiger partial charge in [-0.3, -0.25) is 0 Å². The average molecular weight is 298 g/mol. The van der Waals surface area contributed by atoms with Crippen molar-refractivity contribution in [2.45, 2.75) is 13.5 Å². The Labute approximate surface area is 127 Å². The minimum Gasteiger partial charge on any atom is -0.457 e. The Morgan fingerprint density at radius 2 is 1.81 bits per heavy atom. The van der Waals surface area contributed by atoms with Crippen LogP contribution in [-0.4, -0.2) is 12.6 Å². The number of carbonyl (C=O) groups excluding carboxylic acids is 1. The average Bonchev–Trinajstić information content (AvgIpc) is 2.88. The molecule has 4 heteroatoms. The van der Waals surface area contributed by atoms with Gasteiger partial charge in [0.25, 0.3) is 0 Å². The number of thiazole rings is 1. The quantitative estimate of drug-likeness (QED) is 0.546. The molecule has 2 aromatic carbocycles. The van der Waals surface area contributed by atoms with Crippen molar-refractivity contribution in [2.75, 3.05) is 6.61 Å². The smallest absolute Gasteiger partial charge is 0.415 e. The maximum atomic E-state index is 12.2. The number of nitrogens with zero attached hydrogens (tertiary/aromatic N) is 1. The molecule has 0 saturated heterocycles. The predicted molar refractivity (Wildman–Crippen MR) is 83.5 cm³/mol. The molecule has 0 N–H and O–H groups in total. The van der Waals surface area contributed by atoms with Crippen molar-refractivity contribution >= 4 is 27.5 Å². The van der Waals surface area contributed by atoms with Crippen LogP contribution >= 0.6 is 11.3 Å². The van der Waals surface area contributed by atoms with Crippen LogP contribution in [0.4, 0.5) is 0 Å². The SMILES string of the molecule is CCOC(=O)c1sc2ccccc2[n+]1Cc1ccccc1. The van der Waals surface area contributed by atoms with Crippen LogP contribution in [0.5, 0.6) is 0 Å². The van der Waals surface area contributed by atoms with Gasteiger partial charge < -0.3 is 4.74 Å². The summed E-state index contributed by atoms with van der Waals surface area (Å²) in [5, 5.41) is 0.641. The molecule has 0 radical (unpaired) electrons. The lowest BCUT2D eigenvalue weighted by atomic mass is 10.2. The molecule has 1 aromatic heterocycles. The van der Waals surface area contributed by atoms with Gasteiger partial charge in [-0.25, -0.2) is 4.79 Å². The second kappa shape index (κ2) is 6.06. The molecule has 0 aliphatic carbocycles. The van der Waals surface area contributed by atoms with Gasteiger partial charge in [0, 0.05) is 11.6 Å². The van der Waals surface area contributed by atoms with E-state index in [0.717, 1.165) is 15.8 Å². The summed E-state index contributed by atoms with van der Waals surface area (Å²) in [6, 6.07) is 18.2. The molecule has 1 heterocycles. The normalized spacial score (nSPS) is 10.7. The minimum atomic E-state index is -0.255. The zero-order valence-electron chi connectivity index (χ0n) is 11.8. The van der Waals surface area contributed by atoms with E-state index >= 15 is 0 Å². The highest BCUT2D eigenvalue weighted by Gasteiger charge is 2.27. The molecular weight excluding hydrogens is 282 g/mol. The standard InChI is InChI=1S/C17H16NO2S/c1-2-20-17(19)16-18(12-13-8-4-3-5-9-13)14-10-6-7-11-15(14)21-16/h3-11H,2,12H2,1H3/q+1. The number of carbonyl (C=O) groups is 1. The molecule has 0 bridgehead atoms. The fourth-order valence-electron chi connectivity index (χ4n) is 2.30. The van der Waals surface area contributed by atoms with Crippen molar-refractivity contribution in [3.05, 3.63) is 65.2 Å². The molecule has 0 atom stereocenters. The molecule has 0 saturated carbocycles. The van der Waals surface area contributed by atoms with Gasteiger partial charge in [0.2, 0.25) is 5.52 Å². The van der Waals surface area contributed by atoms with E-state index in [1.165, 1.54) is 11.3 Å². The Morgan fingerprint density at radius 3 is 2.57 bits per heavy atom. The van der Waals surface area contributed by atoms with Crippen LogP contribution in [0, 0.1) is 0 Å². The van der Waals surface area contributed by atoms with E-state index in [2.05, 4.69) is 12.1 Å². The fourth-order valence-corrected chi connectivity index (χ4v) is 3.36. The first-order chi connectivity index (χ1) is 10.3. The number of rotatable bonds is 4. The number of ether oxygens (including phenoxy) is 1.